The van der Waals surface area contributed by atoms with Gasteiger partial charge < -0.3 is 14.0 Å². The van der Waals surface area contributed by atoms with Crippen molar-refractivity contribution >= 4 is 17.3 Å². The van der Waals surface area contributed by atoms with Crippen molar-refractivity contribution in [2.45, 2.75) is 47.0 Å². The van der Waals surface area contributed by atoms with Crippen molar-refractivity contribution in [1.29, 1.82) is 0 Å². The van der Waals surface area contributed by atoms with Gasteiger partial charge in [-0.1, -0.05) is 35.8 Å². The Balaban J connectivity index is 2.16. The maximum absolute atomic E-state index is 13.2. The van der Waals surface area contributed by atoms with Crippen LogP contribution in [-0.4, -0.2) is 42.1 Å². The molecule has 0 spiro atoms. The van der Waals surface area contributed by atoms with Gasteiger partial charge in [0.05, 0.1) is 6.61 Å². The molecule has 0 N–H and O–H groups in total. The SMILES string of the molecule is CCc1noc(C2=C(C)N=C(C)C(C(=O)OCCOC)C2c2cc(C)ccc2C)n1. The fourth-order valence-electron chi connectivity index (χ4n) is 3.87. The highest BCUT2D eigenvalue weighted by atomic mass is 16.6. The molecule has 30 heavy (non-hydrogen) atoms. The van der Waals surface area contributed by atoms with Crippen LogP contribution in [0, 0.1) is 19.8 Å². The second kappa shape index (κ2) is 9.34. The van der Waals surface area contributed by atoms with E-state index < -0.39 is 5.92 Å². The van der Waals surface area contributed by atoms with Crippen molar-refractivity contribution in [3.8, 4) is 0 Å². The Morgan fingerprint density at radius 1 is 1.17 bits per heavy atom. The van der Waals surface area contributed by atoms with E-state index in [9.17, 15) is 4.79 Å². The van der Waals surface area contributed by atoms with Gasteiger partial charge in [-0.25, -0.2) is 0 Å². The van der Waals surface area contributed by atoms with E-state index in [0.29, 0.717) is 30.5 Å². The molecule has 0 saturated carbocycles. The van der Waals surface area contributed by atoms with Gasteiger partial charge in [0.25, 0.3) is 5.89 Å². The summed E-state index contributed by atoms with van der Waals surface area (Å²) in [4.78, 5) is 22.4. The van der Waals surface area contributed by atoms with Gasteiger partial charge >= 0.3 is 5.97 Å². The van der Waals surface area contributed by atoms with Crippen LogP contribution in [-0.2, 0) is 20.7 Å². The lowest BCUT2D eigenvalue weighted by molar-refractivity contribution is -0.147. The lowest BCUT2D eigenvalue weighted by Crippen LogP contribution is -2.34. The third-order valence-electron chi connectivity index (χ3n) is 5.40. The number of carbonyl (C=O) groups excluding carboxylic acids is 1. The third-order valence-corrected chi connectivity index (χ3v) is 5.40. The van der Waals surface area contributed by atoms with E-state index >= 15 is 0 Å². The predicted molar refractivity (Wildman–Crippen MR) is 114 cm³/mol. The summed E-state index contributed by atoms with van der Waals surface area (Å²) < 4.78 is 16.1. The van der Waals surface area contributed by atoms with Crippen molar-refractivity contribution in [3.63, 3.8) is 0 Å². The highest BCUT2D eigenvalue weighted by Crippen LogP contribution is 2.45. The first-order valence-corrected chi connectivity index (χ1v) is 10.2. The fraction of sp³-hybridized carbons (Fsp3) is 0.478. The summed E-state index contributed by atoms with van der Waals surface area (Å²) in [5.74, 6) is -0.225. The van der Waals surface area contributed by atoms with E-state index in [1.807, 2.05) is 34.6 Å². The topological polar surface area (TPSA) is 86.8 Å². The molecule has 2 atom stereocenters. The van der Waals surface area contributed by atoms with Crippen LogP contribution in [0.5, 0.6) is 0 Å². The molecular weight excluding hydrogens is 382 g/mol. The Hall–Kier alpha value is -2.80. The van der Waals surface area contributed by atoms with Crippen molar-refractivity contribution in [1.82, 2.24) is 10.1 Å². The van der Waals surface area contributed by atoms with Crippen LogP contribution < -0.4 is 0 Å². The number of methoxy groups -OCH3 is 1. The van der Waals surface area contributed by atoms with Crippen LogP contribution in [0.4, 0.5) is 0 Å². The molecule has 7 heteroatoms. The predicted octanol–water partition coefficient (Wildman–Crippen LogP) is 4.04. The minimum atomic E-state index is -0.585. The maximum Gasteiger partial charge on any atom is 0.315 e. The normalized spacial score (nSPS) is 19.1. The van der Waals surface area contributed by atoms with E-state index in [1.54, 1.807) is 7.11 Å². The summed E-state index contributed by atoms with van der Waals surface area (Å²) in [5, 5.41) is 4.06. The van der Waals surface area contributed by atoms with E-state index in [1.165, 1.54) is 0 Å². The molecule has 0 fully saturated rings. The number of allylic oxidation sites excluding steroid dienone is 2. The number of hydrogen-bond donors (Lipinski definition) is 0. The fourth-order valence-corrected chi connectivity index (χ4v) is 3.87. The molecule has 1 aliphatic rings. The van der Waals surface area contributed by atoms with Gasteiger partial charge in [0.2, 0.25) is 0 Å². The zero-order valence-corrected chi connectivity index (χ0v) is 18.5. The quantitative estimate of drug-likeness (QED) is 0.505. The lowest BCUT2D eigenvalue weighted by atomic mass is 9.74. The van der Waals surface area contributed by atoms with Crippen LogP contribution in [0.15, 0.2) is 33.4 Å². The first-order chi connectivity index (χ1) is 14.4. The molecule has 0 aliphatic carbocycles. The number of rotatable bonds is 7. The van der Waals surface area contributed by atoms with Crippen LogP contribution in [0.25, 0.3) is 5.57 Å². The molecule has 7 nitrogen and oxygen atoms in total. The van der Waals surface area contributed by atoms with Gasteiger partial charge in [0, 0.05) is 36.4 Å². The Labute approximate surface area is 177 Å². The Morgan fingerprint density at radius 2 is 1.93 bits per heavy atom. The first-order valence-electron chi connectivity index (χ1n) is 10.2. The summed E-state index contributed by atoms with van der Waals surface area (Å²) in [6.07, 6.45) is 0.661. The van der Waals surface area contributed by atoms with Crippen LogP contribution in [0.1, 0.15) is 55.1 Å². The van der Waals surface area contributed by atoms with Crippen LogP contribution >= 0.6 is 0 Å². The Morgan fingerprint density at radius 3 is 2.60 bits per heavy atom. The summed E-state index contributed by atoms with van der Waals surface area (Å²) in [6, 6.07) is 6.24. The smallest absolute Gasteiger partial charge is 0.315 e. The lowest BCUT2D eigenvalue weighted by Gasteiger charge is -2.32. The Kier molecular flexibility index (Phi) is 6.82. The average molecular weight is 412 g/mol. The first kappa shape index (κ1) is 21.9. The van der Waals surface area contributed by atoms with E-state index in [0.717, 1.165) is 28.0 Å². The molecule has 2 heterocycles. The van der Waals surface area contributed by atoms with Crippen molar-refractivity contribution < 1.29 is 18.8 Å². The van der Waals surface area contributed by atoms with Gasteiger partial charge in [0.15, 0.2) is 5.82 Å². The van der Waals surface area contributed by atoms with Gasteiger partial charge in [0.1, 0.15) is 12.5 Å². The molecule has 2 unspecified atom stereocenters. The molecule has 2 aromatic rings. The van der Waals surface area contributed by atoms with E-state index in [4.69, 9.17) is 14.0 Å². The summed E-state index contributed by atoms with van der Waals surface area (Å²) in [7, 11) is 1.57. The van der Waals surface area contributed by atoms with Crippen molar-refractivity contribution in [3.05, 3.63) is 52.3 Å². The Bertz CT molecular complexity index is 990. The number of esters is 1. The maximum atomic E-state index is 13.2. The number of carbonyl (C=O) groups is 1. The van der Waals surface area contributed by atoms with E-state index in [2.05, 4.69) is 33.3 Å². The van der Waals surface area contributed by atoms with Gasteiger partial charge in [-0.05, 0) is 38.8 Å². The largest absolute Gasteiger partial charge is 0.463 e. The number of ether oxygens (including phenoxy) is 2. The van der Waals surface area contributed by atoms with Gasteiger partial charge in [-0.15, -0.1) is 0 Å². The number of nitrogens with zero attached hydrogens (tertiary/aromatic N) is 3. The summed E-state index contributed by atoms with van der Waals surface area (Å²) in [5.41, 5.74) is 5.47. The van der Waals surface area contributed by atoms with Gasteiger partial charge in [-0.2, -0.15) is 4.98 Å². The number of aliphatic imine (C=N–C) groups is 1. The zero-order chi connectivity index (χ0) is 21.8. The number of benzene rings is 1. The van der Waals surface area contributed by atoms with Crippen molar-refractivity contribution in [2.24, 2.45) is 10.9 Å². The molecule has 1 aromatic carbocycles. The second-order valence-electron chi connectivity index (χ2n) is 7.60. The van der Waals surface area contributed by atoms with Gasteiger partial charge in [-0.3, -0.25) is 9.79 Å². The minimum absolute atomic E-state index is 0.192. The van der Waals surface area contributed by atoms with Crippen molar-refractivity contribution in [2.75, 3.05) is 20.3 Å². The molecule has 0 saturated heterocycles. The molecule has 0 bridgehead atoms. The standard InChI is InChI=1S/C23H29N3O4/c1-7-18-25-22(30-26-18)19-15(4)24-16(5)20(23(27)29-11-10-28-6)21(19)17-12-13(2)8-9-14(17)3/h8-9,12,20-21H,7,10-11H2,1-6H3. The number of hydrogen-bond acceptors (Lipinski definition) is 7. The minimum Gasteiger partial charge on any atom is -0.463 e. The third kappa shape index (κ3) is 4.36. The number of aromatic nitrogens is 2. The van der Waals surface area contributed by atoms with Crippen LogP contribution in [0.2, 0.25) is 0 Å². The summed E-state index contributed by atoms with van der Waals surface area (Å²) in [6.45, 7) is 10.4. The molecule has 1 aromatic heterocycles. The molecule has 0 radical (unpaired) electrons. The number of aryl methyl sites for hydroxylation is 3. The molecule has 1 aliphatic heterocycles. The molecular formula is C23H29N3O4. The van der Waals surface area contributed by atoms with Crippen LogP contribution in [0.3, 0.4) is 0 Å². The average Bonchev–Trinajstić information content (AvgIpc) is 3.18. The van der Waals surface area contributed by atoms with E-state index in [-0.39, 0.29) is 18.5 Å². The highest BCUT2D eigenvalue weighted by molar-refractivity contribution is 6.06. The molecule has 3 rings (SSSR count). The second-order valence-corrected chi connectivity index (χ2v) is 7.60. The zero-order valence-electron chi connectivity index (χ0n) is 18.5. The monoisotopic (exact) mass is 411 g/mol. The molecule has 0 amide bonds. The highest BCUT2D eigenvalue weighted by Gasteiger charge is 2.42. The molecule has 160 valence electrons. The summed E-state index contributed by atoms with van der Waals surface area (Å²) >= 11 is 0.